The van der Waals surface area contributed by atoms with Crippen LogP contribution in [-0.2, 0) is 4.74 Å². The molecule has 0 unspecified atom stereocenters. The third-order valence-electron chi connectivity index (χ3n) is 2.63. The lowest BCUT2D eigenvalue weighted by Crippen LogP contribution is -2.25. The largest absolute Gasteiger partial charge is 0.514 e. The molecule has 0 N–H and O–H groups in total. The minimum atomic E-state index is -0.794. The molecule has 0 aromatic heterocycles. The van der Waals surface area contributed by atoms with Crippen molar-refractivity contribution >= 4 is 12.1 Å². The normalized spacial score (nSPS) is 10.7. The summed E-state index contributed by atoms with van der Waals surface area (Å²) >= 11 is 0. The van der Waals surface area contributed by atoms with E-state index in [0.29, 0.717) is 11.3 Å². The highest BCUT2D eigenvalue weighted by Crippen LogP contribution is 2.17. The van der Waals surface area contributed by atoms with Crippen LogP contribution in [0.15, 0.2) is 54.6 Å². The molecule has 0 fully saturated rings. The van der Waals surface area contributed by atoms with Crippen LogP contribution in [0.5, 0.6) is 11.5 Å². The number of carbonyl (C=O) groups excluding carboxylic acids is 2. The lowest BCUT2D eigenvalue weighted by molar-refractivity contribution is 0.0206. The first kappa shape index (κ1) is 16.5. The van der Waals surface area contributed by atoms with Crippen LogP contribution < -0.4 is 9.47 Å². The molecule has 5 heteroatoms. The third-order valence-corrected chi connectivity index (χ3v) is 2.63. The number of para-hydroxylation sites is 1. The fourth-order valence-corrected chi connectivity index (χ4v) is 1.68. The summed E-state index contributed by atoms with van der Waals surface area (Å²) in [5, 5.41) is 0. The fourth-order valence-electron chi connectivity index (χ4n) is 1.68. The number of rotatable bonds is 3. The first-order chi connectivity index (χ1) is 10.8. The van der Waals surface area contributed by atoms with Crippen LogP contribution in [0.1, 0.15) is 31.1 Å². The maximum Gasteiger partial charge on any atom is 0.514 e. The van der Waals surface area contributed by atoms with Crippen LogP contribution in [0.4, 0.5) is 4.79 Å². The molecule has 23 heavy (non-hydrogen) atoms. The molecule has 0 amide bonds. The molecule has 0 aliphatic rings. The van der Waals surface area contributed by atoms with E-state index in [1.54, 1.807) is 45.0 Å². The second-order valence-corrected chi connectivity index (χ2v) is 5.79. The standard InChI is InChI=1S/C18H18O5/c1-18(2,3)23-17(20)22-15-11-9-13(10-12-15)16(19)21-14-7-5-4-6-8-14/h4-12H,1-3H3. The molecule has 0 saturated carbocycles. The van der Waals surface area contributed by atoms with Gasteiger partial charge in [-0.1, -0.05) is 18.2 Å². The van der Waals surface area contributed by atoms with E-state index in [2.05, 4.69) is 0 Å². The van der Waals surface area contributed by atoms with Crippen LogP contribution in [0.2, 0.25) is 0 Å². The van der Waals surface area contributed by atoms with E-state index < -0.39 is 17.7 Å². The van der Waals surface area contributed by atoms with Gasteiger partial charge >= 0.3 is 12.1 Å². The molecule has 0 spiro atoms. The van der Waals surface area contributed by atoms with Gasteiger partial charge in [-0.3, -0.25) is 0 Å². The molecule has 0 radical (unpaired) electrons. The van der Waals surface area contributed by atoms with Crippen LogP contribution >= 0.6 is 0 Å². The fraction of sp³-hybridized carbons (Fsp3) is 0.222. The predicted octanol–water partition coefficient (Wildman–Crippen LogP) is 4.22. The van der Waals surface area contributed by atoms with Crippen LogP contribution in [0, 0.1) is 0 Å². The number of hydrogen-bond donors (Lipinski definition) is 0. The van der Waals surface area contributed by atoms with Crippen LogP contribution in [0.25, 0.3) is 0 Å². The second-order valence-electron chi connectivity index (χ2n) is 5.79. The highest BCUT2D eigenvalue weighted by atomic mass is 16.7. The summed E-state index contributed by atoms with van der Waals surface area (Å²) in [4.78, 5) is 23.5. The van der Waals surface area contributed by atoms with Crippen molar-refractivity contribution in [2.24, 2.45) is 0 Å². The summed E-state index contributed by atoms with van der Waals surface area (Å²) in [6.45, 7) is 5.24. The first-order valence-electron chi connectivity index (χ1n) is 7.12. The molecular weight excluding hydrogens is 296 g/mol. The minimum absolute atomic E-state index is 0.288. The summed E-state index contributed by atoms with van der Waals surface area (Å²) in [6.07, 6.45) is -0.794. The molecule has 120 valence electrons. The van der Waals surface area contributed by atoms with Crippen molar-refractivity contribution in [3.8, 4) is 11.5 Å². The Hall–Kier alpha value is -2.82. The Kier molecular flexibility index (Phi) is 5.01. The molecule has 0 bridgehead atoms. The van der Waals surface area contributed by atoms with Crippen molar-refractivity contribution in [3.05, 3.63) is 60.2 Å². The Morgan fingerprint density at radius 2 is 1.35 bits per heavy atom. The van der Waals surface area contributed by atoms with Crippen molar-refractivity contribution in [1.29, 1.82) is 0 Å². The van der Waals surface area contributed by atoms with Crippen molar-refractivity contribution < 1.29 is 23.8 Å². The summed E-state index contributed by atoms with van der Waals surface area (Å²) in [6, 6.07) is 14.8. The highest BCUT2D eigenvalue weighted by molar-refractivity contribution is 5.91. The average molecular weight is 314 g/mol. The number of carbonyl (C=O) groups is 2. The second kappa shape index (κ2) is 6.96. The SMILES string of the molecule is CC(C)(C)OC(=O)Oc1ccc(C(=O)Oc2ccccc2)cc1. The van der Waals surface area contributed by atoms with E-state index in [4.69, 9.17) is 14.2 Å². The third kappa shape index (κ3) is 5.47. The maximum atomic E-state index is 12.0. The van der Waals surface area contributed by atoms with Gasteiger partial charge in [0, 0.05) is 0 Å². The molecule has 0 saturated heterocycles. The zero-order chi connectivity index (χ0) is 16.9. The van der Waals surface area contributed by atoms with Crippen molar-refractivity contribution in [2.75, 3.05) is 0 Å². The highest BCUT2D eigenvalue weighted by Gasteiger charge is 2.18. The molecule has 0 aliphatic heterocycles. The van der Waals surface area contributed by atoms with Gasteiger partial charge in [0.05, 0.1) is 5.56 Å². The van der Waals surface area contributed by atoms with Crippen LogP contribution in [0.3, 0.4) is 0 Å². The van der Waals surface area contributed by atoms with Crippen molar-refractivity contribution in [2.45, 2.75) is 26.4 Å². The first-order valence-corrected chi connectivity index (χ1v) is 7.12. The van der Waals surface area contributed by atoms with Gasteiger partial charge in [-0.25, -0.2) is 9.59 Å². The Bertz CT molecular complexity index is 669. The lowest BCUT2D eigenvalue weighted by Gasteiger charge is -2.18. The molecule has 5 nitrogen and oxygen atoms in total. The quantitative estimate of drug-likeness (QED) is 0.482. The lowest BCUT2D eigenvalue weighted by atomic mass is 10.2. The molecule has 2 aromatic rings. The topological polar surface area (TPSA) is 61.8 Å². The zero-order valence-electron chi connectivity index (χ0n) is 13.2. The summed E-state index contributed by atoms with van der Waals surface area (Å²) in [5.41, 5.74) is -0.276. The van der Waals surface area contributed by atoms with Gasteiger partial charge in [0.15, 0.2) is 0 Å². The van der Waals surface area contributed by atoms with Crippen molar-refractivity contribution in [1.82, 2.24) is 0 Å². The zero-order valence-corrected chi connectivity index (χ0v) is 13.2. The van der Waals surface area contributed by atoms with Crippen LogP contribution in [-0.4, -0.2) is 17.7 Å². The number of ether oxygens (including phenoxy) is 3. The molecule has 0 aliphatic carbocycles. The molecular formula is C18H18O5. The van der Waals surface area contributed by atoms with Gasteiger partial charge in [-0.15, -0.1) is 0 Å². The van der Waals surface area contributed by atoms with E-state index in [1.807, 2.05) is 6.07 Å². The molecule has 2 rings (SSSR count). The van der Waals surface area contributed by atoms with E-state index in [0.717, 1.165) is 0 Å². The number of hydrogen-bond acceptors (Lipinski definition) is 5. The van der Waals surface area contributed by atoms with Gasteiger partial charge in [0.2, 0.25) is 0 Å². The van der Waals surface area contributed by atoms with Gasteiger partial charge in [0.1, 0.15) is 17.1 Å². The monoisotopic (exact) mass is 314 g/mol. The van der Waals surface area contributed by atoms with Gasteiger partial charge < -0.3 is 14.2 Å². The smallest absolute Gasteiger partial charge is 0.428 e. The Balaban J connectivity index is 1.96. The van der Waals surface area contributed by atoms with Gasteiger partial charge in [-0.05, 0) is 57.2 Å². The summed E-state index contributed by atoms with van der Waals surface area (Å²) < 4.78 is 15.3. The Morgan fingerprint density at radius 1 is 0.783 bits per heavy atom. The van der Waals surface area contributed by atoms with E-state index >= 15 is 0 Å². The minimum Gasteiger partial charge on any atom is -0.428 e. The summed E-state index contributed by atoms with van der Waals surface area (Å²) in [5.74, 6) is 0.266. The van der Waals surface area contributed by atoms with E-state index in [1.165, 1.54) is 24.3 Å². The van der Waals surface area contributed by atoms with E-state index in [9.17, 15) is 9.59 Å². The predicted molar refractivity (Wildman–Crippen MR) is 84.7 cm³/mol. The maximum absolute atomic E-state index is 12.0. The summed E-state index contributed by atoms with van der Waals surface area (Å²) in [7, 11) is 0. The molecule has 2 aromatic carbocycles. The van der Waals surface area contributed by atoms with Gasteiger partial charge in [-0.2, -0.15) is 0 Å². The van der Waals surface area contributed by atoms with Gasteiger partial charge in [0.25, 0.3) is 0 Å². The van der Waals surface area contributed by atoms with Crippen molar-refractivity contribution in [3.63, 3.8) is 0 Å². The molecule has 0 heterocycles. The number of esters is 1. The van der Waals surface area contributed by atoms with E-state index in [-0.39, 0.29) is 5.75 Å². The average Bonchev–Trinajstić information content (AvgIpc) is 2.47. The Morgan fingerprint density at radius 3 is 1.91 bits per heavy atom. The Labute approximate surface area is 134 Å². The molecule has 0 atom stereocenters. The number of benzene rings is 2.